The molecule has 0 bridgehead atoms. The molecule has 1 saturated carbocycles. The zero-order valence-electron chi connectivity index (χ0n) is 23.0. The van der Waals surface area contributed by atoms with Crippen molar-refractivity contribution in [2.75, 3.05) is 0 Å². The first kappa shape index (κ1) is 27.8. The Bertz CT molecular complexity index is 890. The lowest BCUT2D eigenvalue weighted by molar-refractivity contribution is -0.129. The normalized spacial score (nSPS) is 24.0. The van der Waals surface area contributed by atoms with Gasteiger partial charge >= 0.3 is 0 Å². The fraction of sp³-hybridized carbons (Fsp3) is 0.719. The lowest BCUT2D eigenvalue weighted by Gasteiger charge is -2.32. The van der Waals surface area contributed by atoms with Crippen LogP contribution in [-0.2, 0) is 22.4 Å². The maximum atomic E-state index is 13.4. The first-order valence-corrected chi connectivity index (χ1v) is 14.4. The van der Waals surface area contributed by atoms with Gasteiger partial charge in [0.2, 0.25) is 0 Å². The van der Waals surface area contributed by atoms with Gasteiger partial charge < -0.3 is 0 Å². The quantitative estimate of drug-likeness (QED) is 0.286. The molecule has 3 nitrogen and oxygen atoms in total. The molecule has 0 aliphatic heterocycles. The van der Waals surface area contributed by atoms with Crippen LogP contribution in [0.4, 0.5) is 0 Å². The van der Waals surface area contributed by atoms with Crippen LogP contribution in [0, 0.1) is 36.5 Å². The summed E-state index contributed by atoms with van der Waals surface area (Å²) in [5.74, 6) is 2.55. The molecule has 0 heterocycles. The molecular formula is C32H48O3. The van der Waals surface area contributed by atoms with Crippen molar-refractivity contribution in [1.82, 2.24) is 0 Å². The fourth-order valence-corrected chi connectivity index (χ4v) is 7.01. The van der Waals surface area contributed by atoms with Crippen molar-refractivity contribution in [2.45, 2.75) is 118 Å². The number of fused-ring (bicyclic) bond motifs is 1. The third kappa shape index (κ3) is 7.37. The van der Waals surface area contributed by atoms with Crippen molar-refractivity contribution in [3.63, 3.8) is 0 Å². The summed E-state index contributed by atoms with van der Waals surface area (Å²) in [6.07, 6.45) is 13.0. The molecular weight excluding hydrogens is 432 g/mol. The van der Waals surface area contributed by atoms with Gasteiger partial charge in [-0.25, -0.2) is 0 Å². The maximum Gasteiger partial charge on any atom is 0.163 e. The fourth-order valence-electron chi connectivity index (χ4n) is 7.01. The van der Waals surface area contributed by atoms with E-state index in [4.69, 9.17) is 0 Å². The molecule has 194 valence electrons. The summed E-state index contributed by atoms with van der Waals surface area (Å²) >= 11 is 0. The molecule has 0 spiro atoms. The molecule has 2 aliphatic rings. The van der Waals surface area contributed by atoms with E-state index in [-0.39, 0.29) is 29.8 Å². The van der Waals surface area contributed by atoms with Crippen molar-refractivity contribution >= 4 is 17.3 Å². The van der Waals surface area contributed by atoms with Gasteiger partial charge in [0.25, 0.3) is 0 Å². The van der Waals surface area contributed by atoms with E-state index in [0.29, 0.717) is 18.1 Å². The molecule has 0 radical (unpaired) electrons. The Morgan fingerprint density at radius 1 is 1.03 bits per heavy atom. The van der Waals surface area contributed by atoms with Gasteiger partial charge in [0.1, 0.15) is 11.6 Å². The molecule has 1 fully saturated rings. The highest BCUT2D eigenvalue weighted by atomic mass is 16.1. The molecule has 35 heavy (non-hydrogen) atoms. The molecule has 1 aromatic rings. The molecule has 1 aromatic carbocycles. The van der Waals surface area contributed by atoms with Crippen LogP contribution in [0.2, 0.25) is 0 Å². The van der Waals surface area contributed by atoms with Crippen LogP contribution < -0.4 is 0 Å². The first-order chi connectivity index (χ1) is 16.7. The van der Waals surface area contributed by atoms with Crippen LogP contribution in [0.3, 0.4) is 0 Å². The predicted octanol–water partition coefficient (Wildman–Crippen LogP) is 7.88. The standard InChI is InChI=1S/C32H48O3/c1-6-8-27(29(7-2)30(34)17-22(4)33)18-25-19-28-16-15-26(23(5)32(28)31(35)20-25)14-13-24-11-9-21(3)10-12-24/h15-16,21,24-25,27,29H,6-14,17-20H2,1-5H3. The summed E-state index contributed by atoms with van der Waals surface area (Å²) < 4.78 is 0. The topological polar surface area (TPSA) is 51.2 Å². The molecule has 3 atom stereocenters. The summed E-state index contributed by atoms with van der Waals surface area (Å²) in [7, 11) is 0. The van der Waals surface area contributed by atoms with E-state index >= 15 is 0 Å². The zero-order chi connectivity index (χ0) is 25.5. The van der Waals surface area contributed by atoms with Gasteiger partial charge in [-0.2, -0.15) is 0 Å². The Morgan fingerprint density at radius 3 is 2.37 bits per heavy atom. The van der Waals surface area contributed by atoms with E-state index in [1.807, 2.05) is 0 Å². The number of aryl methyl sites for hydroxylation is 1. The van der Waals surface area contributed by atoms with Crippen molar-refractivity contribution in [1.29, 1.82) is 0 Å². The van der Waals surface area contributed by atoms with Crippen LogP contribution in [0.5, 0.6) is 0 Å². The van der Waals surface area contributed by atoms with E-state index < -0.39 is 0 Å². The zero-order valence-corrected chi connectivity index (χ0v) is 23.0. The second-order valence-electron chi connectivity index (χ2n) is 11.9. The van der Waals surface area contributed by atoms with Crippen molar-refractivity contribution < 1.29 is 14.4 Å². The van der Waals surface area contributed by atoms with Gasteiger partial charge in [-0.15, -0.1) is 0 Å². The number of rotatable bonds is 12. The summed E-state index contributed by atoms with van der Waals surface area (Å²) in [6, 6.07) is 4.50. The van der Waals surface area contributed by atoms with E-state index in [2.05, 4.69) is 39.8 Å². The van der Waals surface area contributed by atoms with Crippen LogP contribution in [-0.4, -0.2) is 17.3 Å². The minimum atomic E-state index is -0.0674. The maximum absolute atomic E-state index is 13.4. The van der Waals surface area contributed by atoms with Crippen LogP contribution in [0.1, 0.15) is 125 Å². The van der Waals surface area contributed by atoms with Crippen LogP contribution in [0.15, 0.2) is 12.1 Å². The number of hydrogen-bond acceptors (Lipinski definition) is 3. The average molecular weight is 481 g/mol. The van der Waals surface area contributed by atoms with Gasteiger partial charge in [-0.3, -0.25) is 14.4 Å². The smallest absolute Gasteiger partial charge is 0.163 e. The van der Waals surface area contributed by atoms with E-state index in [1.54, 1.807) is 0 Å². The minimum Gasteiger partial charge on any atom is -0.300 e. The summed E-state index contributed by atoms with van der Waals surface area (Å²) in [4.78, 5) is 37.7. The van der Waals surface area contributed by atoms with Gasteiger partial charge in [0, 0.05) is 17.9 Å². The molecule has 3 rings (SSSR count). The Kier molecular flexibility index (Phi) is 10.3. The number of Topliss-reactive ketones (excluding diaryl/α,β-unsaturated/α-hetero) is 3. The van der Waals surface area contributed by atoms with Gasteiger partial charge in [0.15, 0.2) is 5.78 Å². The highest BCUT2D eigenvalue weighted by Crippen LogP contribution is 2.38. The molecule has 0 N–H and O–H groups in total. The van der Waals surface area contributed by atoms with Crippen molar-refractivity contribution in [2.24, 2.45) is 29.6 Å². The minimum absolute atomic E-state index is 0.0465. The molecule has 0 saturated heterocycles. The average Bonchev–Trinajstić information content (AvgIpc) is 2.79. The second-order valence-corrected chi connectivity index (χ2v) is 11.9. The Labute approximate surface area is 213 Å². The number of carbonyl (C=O) groups is 3. The van der Waals surface area contributed by atoms with E-state index in [0.717, 1.165) is 55.9 Å². The Balaban J connectivity index is 1.68. The second kappa shape index (κ2) is 13.0. The highest BCUT2D eigenvalue weighted by Gasteiger charge is 2.33. The van der Waals surface area contributed by atoms with Crippen molar-refractivity contribution in [3.8, 4) is 0 Å². The summed E-state index contributed by atoms with van der Waals surface area (Å²) in [5, 5.41) is 0. The van der Waals surface area contributed by atoms with Gasteiger partial charge in [0.05, 0.1) is 6.42 Å². The summed E-state index contributed by atoms with van der Waals surface area (Å²) in [6.45, 7) is 10.3. The monoisotopic (exact) mass is 480 g/mol. The SMILES string of the molecule is CCCC(CC1CC(=O)c2c(ccc(CCC3CCC(C)CC3)c2C)C1)C(CC)C(=O)CC(C)=O. The summed E-state index contributed by atoms with van der Waals surface area (Å²) in [5.41, 5.74) is 4.77. The highest BCUT2D eigenvalue weighted by molar-refractivity contribution is 6.00. The number of carbonyl (C=O) groups excluding carboxylic acids is 3. The number of benzene rings is 1. The lowest BCUT2D eigenvalue weighted by Crippen LogP contribution is -2.30. The molecule has 0 aromatic heterocycles. The third-order valence-electron chi connectivity index (χ3n) is 9.02. The van der Waals surface area contributed by atoms with Crippen LogP contribution in [0.25, 0.3) is 0 Å². The molecule has 0 amide bonds. The van der Waals surface area contributed by atoms with E-state index in [1.165, 1.54) is 55.7 Å². The largest absolute Gasteiger partial charge is 0.300 e. The number of ketones is 3. The first-order valence-electron chi connectivity index (χ1n) is 14.4. The van der Waals surface area contributed by atoms with E-state index in [9.17, 15) is 14.4 Å². The van der Waals surface area contributed by atoms with Crippen LogP contribution >= 0.6 is 0 Å². The van der Waals surface area contributed by atoms with Gasteiger partial charge in [-0.05, 0) is 86.3 Å². The molecule has 2 aliphatic carbocycles. The Hall–Kier alpha value is -1.77. The molecule has 3 unspecified atom stereocenters. The lowest BCUT2D eigenvalue weighted by atomic mass is 9.71. The predicted molar refractivity (Wildman–Crippen MR) is 144 cm³/mol. The Morgan fingerprint density at radius 2 is 1.74 bits per heavy atom. The third-order valence-corrected chi connectivity index (χ3v) is 9.02. The van der Waals surface area contributed by atoms with Gasteiger partial charge in [-0.1, -0.05) is 71.4 Å². The van der Waals surface area contributed by atoms with Crippen molar-refractivity contribution in [3.05, 3.63) is 34.4 Å². The number of hydrogen-bond donors (Lipinski definition) is 0. The molecule has 3 heteroatoms.